The van der Waals surface area contributed by atoms with Crippen LogP contribution in [0.5, 0.6) is 0 Å². The van der Waals surface area contributed by atoms with E-state index in [1.54, 1.807) is 22.5 Å². The van der Waals surface area contributed by atoms with Crippen molar-refractivity contribution in [2.24, 2.45) is 0 Å². The number of nitrogens with zero attached hydrogens (tertiary/aromatic N) is 4. The number of hydrogen-bond donors (Lipinski definition) is 0. The molecule has 158 valence electrons. The standard InChI is InChI=1S/C23H22N4O2S2/c28-31(29,21-13-7-12-20-22(21)25-30-24-20)27-16-14-26(15-17-27)23(18-8-3-1-4-9-18)19-10-5-2-6-11-19/h1-13,23H,14-17H2. The van der Waals surface area contributed by atoms with Gasteiger partial charge in [-0.3, -0.25) is 4.90 Å². The van der Waals surface area contributed by atoms with Gasteiger partial charge in [-0.05, 0) is 23.3 Å². The van der Waals surface area contributed by atoms with Gasteiger partial charge in [0.15, 0.2) is 0 Å². The second-order valence-electron chi connectivity index (χ2n) is 7.55. The van der Waals surface area contributed by atoms with Crippen molar-refractivity contribution >= 4 is 32.8 Å². The maximum absolute atomic E-state index is 13.4. The fourth-order valence-corrected chi connectivity index (χ4v) is 6.39. The Labute approximate surface area is 186 Å². The van der Waals surface area contributed by atoms with E-state index in [1.807, 2.05) is 12.1 Å². The Kier molecular flexibility index (Phi) is 5.54. The summed E-state index contributed by atoms with van der Waals surface area (Å²) in [4.78, 5) is 2.61. The molecule has 4 aromatic rings. The van der Waals surface area contributed by atoms with Crippen molar-refractivity contribution in [3.05, 3.63) is 90.0 Å². The van der Waals surface area contributed by atoms with Crippen LogP contribution < -0.4 is 0 Å². The summed E-state index contributed by atoms with van der Waals surface area (Å²) in [6.07, 6.45) is 0. The van der Waals surface area contributed by atoms with E-state index in [9.17, 15) is 8.42 Å². The van der Waals surface area contributed by atoms with Crippen molar-refractivity contribution in [1.29, 1.82) is 0 Å². The van der Waals surface area contributed by atoms with Crippen LogP contribution in [0.15, 0.2) is 83.8 Å². The van der Waals surface area contributed by atoms with Crippen molar-refractivity contribution in [2.75, 3.05) is 26.2 Å². The molecule has 1 aromatic heterocycles. The summed E-state index contributed by atoms with van der Waals surface area (Å²) in [6, 6.07) is 26.0. The molecule has 5 rings (SSSR count). The van der Waals surface area contributed by atoms with E-state index in [0.29, 0.717) is 37.2 Å². The van der Waals surface area contributed by atoms with Crippen molar-refractivity contribution in [3.63, 3.8) is 0 Å². The molecule has 6 nitrogen and oxygen atoms in total. The van der Waals surface area contributed by atoms with Crippen LogP contribution >= 0.6 is 11.7 Å². The first kappa shape index (κ1) is 20.3. The minimum Gasteiger partial charge on any atom is -0.290 e. The number of aromatic nitrogens is 2. The van der Waals surface area contributed by atoms with E-state index in [-0.39, 0.29) is 10.9 Å². The van der Waals surface area contributed by atoms with Gasteiger partial charge in [0.2, 0.25) is 10.0 Å². The topological polar surface area (TPSA) is 66.4 Å². The number of fused-ring (bicyclic) bond motifs is 1. The molecule has 0 bridgehead atoms. The highest BCUT2D eigenvalue weighted by Crippen LogP contribution is 2.31. The van der Waals surface area contributed by atoms with E-state index >= 15 is 0 Å². The van der Waals surface area contributed by atoms with Gasteiger partial charge < -0.3 is 0 Å². The Balaban J connectivity index is 1.40. The third-order valence-electron chi connectivity index (χ3n) is 5.74. The molecule has 31 heavy (non-hydrogen) atoms. The SMILES string of the molecule is O=S(=O)(c1cccc2nsnc12)N1CCN(C(c2ccccc2)c2ccccc2)CC1. The molecule has 0 aliphatic carbocycles. The first-order valence-corrected chi connectivity index (χ1v) is 12.4. The van der Waals surface area contributed by atoms with E-state index in [2.05, 4.69) is 62.2 Å². The van der Waals surface area contributed by atoms with Gasteiger partial charge in [0, 0.05) is 26.2 Å². The summed E-state index contributed by atoms with van der Waals surface area (Å²) in [5.41, 5.74) is 3.51. The fourth-order valence-electron chi connectivity index (χ4n) is 4.22. The lowest BCUT2D eigenvalue weighted by molar-refractivity contribution is 0.156. The Morgan fingerprint density at radius 2 is 1.35 bits per heavy atom. The highest BCUT2D eigenvalue weighted by molar-refractivity contribution is 7.89. The molecule has 1 aliphatic heterocycles. The van der Waals surface area contributed by atoms with E-state index in [4.69, 9.17) is 0 Å². The average Bonchev–Trinajstić information content (AvgIpc) is 3.30. The zero-order valence-electron chi connectivity index (χ0n) is 16.8. The molecule has 8 heteroatoms. The molecule has 0 amide bonds. The largest absolute Gasteiger partial charge is 0.290 e. The lowest BCUT2D eigenvalue weighted by Gasteiger charge is -2.39. The molecule has 0 N–H and O–H groups in total. The lowest BCUT2D eigenvalue weighted by Crippen LogP contribution is -2.49. The van der Waals surface area contributed by atoms with E-state index in [1.165, 1.54) is 11.1 Å². The fraction of sp³-hybridized carbons (Fsp3) is 0.217. The number of hydrogen-bond acceptors (Lipinski definition) is 6. The average molecular weight is 451 g/mol. The highest BCUT2D eigenvalue weighted by atomic mass is 32.2. The molecule has 0 spiro atoms. The van der Waals surface area contributed by atoms with Crippen molar-refractivity contribution in [2.45, 2.75) is 10.9 Å². The van der Waals surface area contributed by atoms with Gasteiger partial charge in [0.25, 0.3) is 0 Å². The minimum absolute atomic E-state index is 0.0958. The Morgan fingerprint density at radius 3 is 1.97 bits per heavy atom. The quantitative estimate of drug-likeness (QED) is 0.463. The van der Waals surface area contributed by atoms with Crippen LogP contribution in [0, 0.1) is 0 Å². The summed E-state index contributed by atoms with van der Waals surface area (Å²) in [6.45, 7) is 2.18. The highest BCUT2D eigenvalue weighted by Gasteiger charge is 2.33. The Bertz CT molecular complexity index is 1230. The van der Waals surface area contributed by atoms with Crippen molar-refractivity contribution in [3.8, 4) is 0 Å². The maximum Gasteiger partial charge on any atom is 0.245 e. The molecule has 2 heterocycles. The maximum atomic E-state index is 13.4. The van der Waals surface area contributed by atoms with Gasteiger partial charge in [0.05, 0.1) is 17.8 Å². The second kappa shape index (κ2) is 8.47. The molecule has 1 aliphatic rings. The van der Waals surface area contributed by atoms with Crippen LogP contribution in [0.25, 0.3) is 11.0 Å². The van der Waals surface area contributed by atoms with E-state index < -0.39 is 10.0 Å². The number of benzene rings is 3. The first-order chi connectivity index (χ1) is 15.1. The van der Waals surface area contributed by atoms with Crippen LogP contribution in [-0.4, -0.2) is 52.5 Å². The smallest absolute Gasteiger partial charge is 0.245 e. The monoisotopic (exact) mass is 450 g/mol. The van der Waals surface area contributed by atoms with E-state index in [0.717, 1.165) is 11.7 Å². The van der Waals surface area contributed by atoms with Crippen LogP contribution in [0.3, 0.4) is 0 Å². The summed E-state index contributed by atoms with van der Waals surface area (Å²) in [7, 11) is -3.63. The predicted octanol–water partition coefficient (Wildman–Crippen LogP) is 3.79. The molecule has 1 fully saturated rings. The molecule has 1 saturated heterocycles. The molecule has 0 unspecified atom stereocenters. The zero-order chi connectivity index (χ0) is 21.3. The second-order valence-corrected chi connectivity index (χ2v) is 9.99. The molecule has 3 aromatic carbocycles. The van der Waals surface area contributed by atoms with Gasteiger partial charge >= 0.3 is 0 Å². The summed E-state index contributed by atoms with van der Waals surface area (Å²) in [5.74, 6) is 0. The normalized spacial score (nSPS) is 16.2. The van der Waals surface area contributed by atoms with Crippen molar-refractivity contribution < 1.29 is 8.42 Å². The van der Waals surface area contributed by atoms with Gasteiger partial charge in [-0.15, -0.1) is 0 Å². The van der Waals surface area contributed by atoms with Crippen LogP contribution in [0.1, 0.15) is 17.2 Å². The van der Waals surface area contributed by atoms with Crippen LogP contribution in [0.2, 0.25) is 0 Å². The third-order valence-corrected chi connectivity index (χ3v) is 8.21. The Hall–Kier alpha value is -2.65. The lowest BCUT2D eigenvalue weighted by atomic mass is 9.96. The number of sulfonamides is 1. The Morgan fingerprint density at radius 1 is 0.742 bits per heavy atom. The molecule has 0 saturated carbocycles. The van der Waals surface area contributed by atoms with Crippen LogP contribution in [0.4, 0.5) is 0 Å². The number of rotatable bonds is 5. The summed E-state index contributed by atoms with van der Waals surface area (Å²) in [5, 5.41) is 0. The predicted molar refractivity (Wildman–Crippen MR) is 122 cm³/mol. The molecular formula is C23H22N4O2S2. The van der Waals surface area contributed by atoms with Gasteiger partial charge in [-0.2, -0.15) is 13.1 Å². The molecule has 0 atom stereocenters. The van der Waals surface area contributed by atoms with Gasteiger partial charge in [-0.25, -0.2) is 8.42 Å². The van der Waals surface area contributed by atoms with Gasteiger partial charge in [-0.1, -0.05) is 66.7 Å². The van der Waals surface area contributed by atoms with Gasteiger partial charge in [0.1, 0.15) is 15.9 Å². The van der Waals surface area contributed by atoms with Crippen LogP contribution in [-0.2, 0) is 10.0 Å². The number of piperazine rings is 1. The third kappa shape index (κ3) is 3.87. The minimum atomic E-state index is -3.63. The zero-order valence-corrected chi connectivity index (χ0v) is 18.5. The van der Waals surface area contributed by atoms with Crippen molar-refractivity contribution in [1.82, 2.24) is 18.0 Å². The molecular weight excluding hydrogens is 428 g/mol. The first-order valence-electron chi connectivity index (χ1n) is 10.2. The molecule has 0 radical (unpaired) electrons. The summed E-state index contributed by atoms with van der Waals surface area (Å²) < 4.78 is 36.7. The summed E-state index contributed by atoms with van der Waals surface area (Å²) >= 11 is 1.04.